The van der Waals surface area contributed by atoms with Gasteiger partial charge in [0.15, 0.2) is 0 Å². The number of nitrogens with one attached hydrogen (secondary N) is 1. The van der Waals surface area contributed by atoms with E-state index in [-0.39, 0.29) is 0 Å². The molecule has 8 heteroatoms. The van der Waals surface area contributed by atoms with Crippen LogP contribution in [0.25, 0.3) is 5.69 Å². The zero-order chi connectivity index (χ0) is 23.3. The SMILES string of the molecule is Cc1cc(/C=N\Nc2nc(N3CCCCC3)nc(N3CCCCC3)n2)c(C)n1-c1ccccc1. The second-order valence-corrected chi connectivity index (χ2v) is 9.22. The fraction of sp³-hybridized carbons (Fsp3) is 0.462. The number of anilines is 3. The first-order chi connectivity index (χ1) is 16.7. The number of rotatable bonds is 6. The van der Waals surface area contributed by atoms with E-state index in [9.17, 15) is 0 Å². The molecule has 1 aromatic carbocycles. The van der Waals surface area contributed by atoms with Crippen molar-refractivity contribution in [2.24, 2.45) is 5.10 Å². The van der Waals surface area contributed by atoms with Crippen LogP contribution >= 0.6 is 0 Å². The van der Waals surface area contributed by atoms with Crippen molar-refractivity contribution in [1.29, 1.82) is 0 Å². The van der Waals surface area contributed by atoms with Gasteiger partial charge in [-0.1, -0.05) is 18.2 Å². The van der Waals surface area contributed by atoms with Gasteiger partial charge in [-0.15, -0.1) is 0 Å². The molecule has 0 spiro atoms. The predicted molar refractivity (Wildman–Crippen MR) is 138 cm³/mol. The first kappa shape index (κ1) is 22.4. The number of benzene rings is 1. The van der Waals surface area contributed by atoms with Gasteiger partial charge in [0.25, 0.3) is 0 Å². The molecule has 0 bridgehead atoms. The molecule has 2 fully saturated rings. The highest BCUT2D eigenvalue weighted by Crippen LogP contribution is 2.23. The summed E-state index contributed by atoms with van der Waals surface area (Å²) >= 11 is 0. The number of aromatic nitrogens is 4. The van der Waals surface area contributed by atoms with Crippen molar-refractivity contribution in [2.45, 2.75) is 52.4 Å². The first-order valence-electron chi connectivity index (χ1n) is 12.5. The third kappa shape index (κ3) is 4.90. The molecule has 8 nitrogen and oxygen atoms in total. The van der Waals surface area contributed by atoms with Crippen molar-refractivity contribution < 1.29 is 0 Å². The molecular weight excluding hydrogens is 424 g/mol. The summed E-state index contributed by atoms with van der Waals surface area (Å²) in [5.41, 5.74) is 7.63. The maximum absolute atomic E-state index is 4.84. The van der Waals surface area contributed by atoms with Gasteiger partial charge in [-0.2, -0.15) is 20.1 Å². The summed E-state index contributed by atoms with van der Waals surface area (Å²) in [6, 6.07) is 12.5. The van der Waals surface area contributed by atoms with Crippen LogP contribution in [0.3, 0.4) is 0 Å². The molecule has 0 atom stereocenters. The Bertz CT molecular complexity index is 1090. The highest BCUT2D eigenvalue weighted by atomic mass is 15.4. The van der Waals surface area contributed by atoms with Gasteiger partial charge in [0, 0.05) is 48.8 Å². The molecule has 2 aromatic heterocycles. The van der Waals surface area contributed by atoms with Gasteiger partial charge in [-0.05, 0) is 70.6 Å². The minimum absolute atomic E-state index is 0.504. The van der Waals surface area contributed by atoms with E-state index in [4.69, 9.17) is 15.0 Å². The van der Waals surface area contributed by atoms with Gasteiger partial charge < -0.3 is 14.4 Å². The third-order valence-corrected chi connectivity index (χ3v) is 6.74. The minimum Gasteiger partial charge on any atom is -0.341 e. The van der Waals surface area contributed by atoms with Crippen LogP contribution < -0.4 is 15.2 Å². The van der Waals surface area contributed by atoms with Crippen LogP contribution in [0.2, 0.25) is 0 Å². The second-order valence-electron chi connectivity index (χ2n) is 9.22. The van der Waals surface area contributed by atoms with Crippen LogP contribution in [0.4, 0.5) is 17.8 Å². The number of para-hydroxylation sites is 1. The number of aryl methyl sites for hydroxylation is 1. The van der Waals surface area contributed by atoms with E-state index in [0.717, 1.165) is 55.0 Å². The van der Waals surface area contributed by atoms with Crippen molar-refractivity contribution in [3.63, 3.8) is 0 Å². The third-order valence-electron chi connectivity index (χ3n) is 6.74. The van der Waals surface area contributed by atoms with Crippen molar-refractivity contribution in [3.8, 4) is 5.69 Å². The smallest absolute Gasteiger partial charge is 0.250 e. The lowest BCUT2D eigenvalue weighted by Crippen LogP contribution is -2.34. The highest BCUT2D eigenvalue weighted by molar-refractivity contribution is 5.82. The van der Waals surface area contributed by atoms with Gasteiger partial charge in [-0.3, -0.25) is 0 Å². The Hall–Kier alpha value is -3.42. The van der Waals surface area contributed by atoms with Crippen LogP contribution in [0, 0.1) is 13.8 Å². The van der Waals surface area contributed by atoms with Crippen molar-refractivity contribution in [3.05, 3.63) is 53.3 Å². The van der Waals surface area contributed by atoms with Crippen molar-refractivity contribution in [2.75, 3.05) is 41.4 Å². The van der Waals surface area contributed by atoms with E-state index in [0.29, 0.717) is 5.95 Å². The minimum atomic E-state index is 0.504. The molecule has 0 saturated carbocycles. The lowest BCUT2D eigenvalue weighted by molar-refractivity contribution is 0.556. The van der Waals surface area contributed by atoms with Gasteiger partial charge >= 0.3 is 0 Å². The van der Waals surface area contributed by atoms with E-state index in [1.54, 1.807) is 0 Å². The molecule has 1 N–H and O–H groups in total. The summed E-state index contributed by atoms with van der Waals surface area (Å²) in [7, 11) is 0. The molecule has 178 valence electrons. The molecule has 2 aliphatic rings. The maximum Gasteiger partial charge on any atom is 0.250 e. The van der Waals surface area contributed by atoms with E-state index in [1.165, 1.54) is 44.2 Å². The monoisotopic (exact) mass is 458 g/mol. The Morgan fingerprint density at radius 2 is 1.38 bits per heavy atom. The Labute approximate surface area is 201 Å². The number of piperidine rings is 2. The van der Waals surface area contributed by atoms with Gasteiger partial charge in [0.2, 0.25) is 17.8 Å². The standard InChI is InChI=1S/C26H34N8/c1-20-18-22(21(2)34(20)23-12-6-3-7-13-23)19-27-31-24-28-25(32-14-8-4-9-15-32)30-26(29-24)33-16-10-5-11-17-33/h3,6-7,12-13,18-19H,4-5,8-11,14-17H2,1-2H3,(H,28,29,30,31)/b27-19-. The predicted octanol–water partition coefficient (Wildman–Crippen LogP) is 4.71. The molecule has 34 heavy (non-hydrogen) atoms. The molecule has 5 rings (SSSR count). The molecule has 2 aliphatic heterocycles. The summed E-state index contributed by atoms with van der Waals surface area (Å²) < 4.78 is 2.24. The van der Waals surface area contributed by atoms with Gasteiger partial charge in [0.1, 0.15) is 0 Å². The Morgan fingerprint density at radius 3 is 1.97 bits per heavy atom. The summed E-state index contributed by atoms with van der Waals surface area (Å²) in [5.74, 6) is 2.02. The molecule has 0 aliphatic carbocycles. The summed E-state index contributed by atoms with van der Waals surface area (Å²) in [5, 5.41) is 4.52. The Balaban J connectivity index is 1.38. The molecular formula is C26H34N8. The maximum atomic E-state index is 4.84. The van der Waals surface area contributed by atoms with Crippen LogP contribution in [-0.2, 0) is 0 Å². The number of hydrogen-bond acceptors (Lipinski definition) is 7. The molecule has 4 heterocycles. The number of nitrogens with zero attached hydrogens (tertiary/aromatic N) is 7. The quantitative estimate of drug-likeness (QED) is 0.426. The Morgan fingerprint density at radius 1 is 0.794 bits per heavy atom. The fourth-order valence-electron chi connectivity index (χ4n) is 4.93. The van der Waals surface area contributed by atoms with Crippen molar-refractivity contribution in [1.82, 2.24) is 19.5 Å². The van der Waals surface area contributed by atoms with Crippen LogP contribution in [0.5, 0.6) is 0 Å². The van der Waals surface area contributed by atoms with Crippen molar-refractivity contribution >= 4 is 24.1 Å². The van der Waals surface area contributed by atoms with Crippen LogP contribution in [0.1, 0.15) is 55.5 Å². The van der Waals surface area contributed by atoms with E-state index < -0.39 is 0 Å². The largest absolute Gasteiger partial charge is 0.341 e. The highest BCUT2D eigenvalue weighted by Gasteiger charge is 2.20. The lowest BCUT2D eigenvalue weighted by atomic mass is 10.1. The summed E-state index contributed by atoms with van der Waals surface area (Å²) in [6.07, 6.45) is 9.14. The molecule has 0 radical (unpaired) electrons. The fourth-order valence-corrected chi connectivity index (χ4v) is 4.93. The summed E-state index contributed by atoms with van der Waals surface area (Å²) in [6.45, 7) is 8.23. The molecule has 0 amide bonds. The van der Waals surface area contributed by atoms with E-state index in [2.05, 4.69) is 69.1 Å². The first-order valence-corrected chi connectivity index (χ1v) is 12.5. The average molecular weight is 459 g/mol. The Kier molecular flexibility index (Phi) is 6.74. The van der Waals surface area contributed by atoms with E-state index >= 15 is 0 Å². The zero-order valence-corrected chi connectivity index (χ0v) is 20.2. The van der Waals surface area contributed by atoms with Gasteiger partial charge in [-0.25, -0.2) is 5.43 Å². The zero-order valence-electron chi connectivity index (χ0n) is 20.2. The summed E-state index contributed by atoms with van der Waals surface area (Å²) in [4.78, 5) is 18.8. The topological polar surface area (TPSA) is 74.5 Å². The molecule has 0 unspecified atom stereocenters. The molecule has 3 aromatic rings. The van der Waals surface area contributed by atoms with Crippen LogP contribution in [-0.4, -0.2) is 51.9 Å². The number of hydrazone groups is 1. The van der Waals surface area contributed by atoms with E-state index in [1.807, 2.05) is 12.3 Å². The van der Waals surface area contributed by atoms with Gasteiger partial charge in [0.05, 0.1) is 6.21 Å². The average Bonchev–Trinajstić information content (AvgIpc) is 3.18. The normalized spacial score (nSPS) is 16.9. The number of hydrogen-bond donors (Lipinski definition) is 1. The molecule has 2 saturated heterocycles. The lowest BCUT2D eigenvalue weighted by Gasteiger charge is -2.30. The van der Waals surface area contributed by atoms with Crippen LogP contribution in [0.15, 0.2) is 41.5 Å². The second kappa shape index (κ2) is 10.2.